The summed E-state index contributed by atoms with van der Waals surface area (Å²) in [6.07, 6.45) is 5.40. The maximum atomic E-state index is 14.3. The highest BCUT2D eigenvalue weighted by molar-refractivity contribution is 6.21. The van der Waals surface area contributed by atoms with Crippen molar-refractivity contribution in [2.24, 2.45) is 5.92 Å². The Balaban J connectivity index is 1.76. The average molecular weight is 741 g/mol. The van der Waals surface area contributed by atoms with Gasteiger partial charge in [-0.05, 0) is 25.7 Å². The van der Waals surface area contributed by atoms with Gasteiger partial charge in [0.25, 0.3) is 17.7 Å². The first-order chi connectivity index (χ1) is 24.2. The molecule has 4 fully saturated rings. The van der Waals surface area contributed by atoms with Crippen LogP contribution in [0.4, 0.5) is 0 Å². The molecule has 51 heavy (non-hydrogen) atoms. The quantitative estimate of drug-likeness (QED) is 0.0775. The van der Waals surface area contributed by atoms with E-state index in [9.17, 15) is 44.1 Å². The lowest BCUT2D eigenvalue weighted by Gasteiger charge is -2.44. The maximum Gasteiger partial charge on any atom is 0.334 e. The van der Waals surface area contributed by atoms with E-state index in [0.29, 0.717) is 5.92 Å². The number of rotatable bonds is 6. The van der Waals surface area contributed by atoms with Crippen LogP contribution in [0.25, 0.3) is 0 Å². The van der Waals surface area contributed by atoms with E-state index in [2.05, 4.69) is 26.9 Å². The maximum absolute atomic E-state index is 14.3. The number of cyclic esters (lactones) is 1. The van der Waals surface area contributed by atoms with Crippen molar-refractivity contribution < 1.29 is 48.8 Å². The lowest BCUT2D eigenvalue weighted by molar-refractivity contribution is -0.167. The smallest absolute Gasteiger partial charge is 0.334 e. The van der Waals surface area contributed by atoms with Crippen molar-refractivity contribution in [2.75, 3.05) is 32.8 Å². The molecule has 0 aliphatic carbocycles. The third kappa shape index (κ3) is 9.82. The van der Waals surface area contributed by atoms with Gasteiger partial charge in [-0.15, -0.1) is 11.6 Å². The van der Waals surface area contributed by atoms with Crippen LogP contribution in [0, 0.1) is 5.92 Å². The van der Waals surface area contributed by atoms with Crippen molar-refractivity contribution in [2.45, 2.75) is 100 Å². The monoisotopic (exact) mass is 740 g/mol. The van der Waals surface area contributed by atoms with Gasteiger partial charge in [-0.2, -0.15) is 0 Å². The Kier molecular flexibility index (Phi) is 13.9. The number of fused-ring (bicyclic) bond motifs is 3. The Morgan fingerprint density at radius 2 is 1.49 bits per heavy atom. The van der Waals surface area contributed by atoms with E-state index in [0.717, 1.165) is 28.4 Å². The number of ether oxygens (including phenoxy) is 1. The molecule has 19 heteroatoms. The van der Waals surface area contributed by atoms with Gasteiger partial charge in [0.15, 0.2) is 12.1 Å². The van der Waals surface area contributed by atoms with E-state index in [1.54, 1.807) is 12.2 Å². The number of aliphatic hydroxyl groups is 3. The molecule has 0 aromatic rings. The van der Waals surface area contributed by atoms with Gasteiger partial charge >= 0.3 is 5.97 Å². The van der Waals surface area contributed by atoms with Gasteiger partial charge in [0, 0.05) is 32.5 Å². The molecule has 4 heterocycles. The van der Waals surface area contributed by atoms with Gasteiger partial charge in [-0.3, -0.25) is 39.0 Å². The van der Waals surface area contributed by atoms with Crippen LogP contribution in [0.15, 0.2) is 24.3 Å². The minimum atomic E-state index is -2.09. The number of amides is 5. The molecule has 0 spiro atoms. The van der Waals surface area contributed by atoms with Gasteiger partial charge in [-0.1, -0.05) is 44.6 Å². The number of β-amino-alcohol motifs (C(OH)–C–C–N with tert-alkyl or cyclic N) is 2. The summed E-state index contributed by atoms with van der Waals surface area (Å²) < 4.78 is 5.18. The minimum Gasteiger partial charge on any atom is -0.454 e. The number of carbonyl (C=O) groups excluding carboxylic acids is 6. The number of aliphatic hydroxyl groups excluding tert-OH is 3. The number of hydrogen-bond donors (Lipinski definition) is 8. The largest absolute Gasteiger partial charge is 0.454 e. The van der Waals surface area contributed by atoms with Crippen molar-refractivity contribution in [3.8, 4) is 0 Å². The van der Waals surface area contributed by atoms with Crippen molar-refractivity contribution in [1.82, 2.24) is 41.9 Å². The van der Waals surface area contributed by atoms with Gasteiger partial charge in [0.05, 0.1) is 24.2 Å². The van der Waals surface area contributed by atoms with Crippen LogP contribution in [0.1, 0.15) is 52.9 Å². The van der Waals surface area contributed by atoms with Gasteiger partial charge in [0.2, 0.25) is 11.8 Å². The lowest BCUT2D eigenvalue weighted by atomic mass is 9.98. The molecule has 9 atom stereocenters. The third-order valence-corrected chi connectivity index (χ3v) is 9.66. The first kappa shape index (κ1) is 40.1. The van der Waals surface area contributed by atoms with E-state index in [1.807, 2.05) is 26.0 Å². The Hall–Kier alpha value is -3.65. The number of alkyl halides is 1. The summed E-state index contributed by atoms with van der Waals surface area (Å²) in [5, 5.41) is 38.3. The number of nitrogens with zero attached hydrogens (tertiary/aromatic N) is 3. The van der Waals surface area contributed by atoms with E-state index >= 15 is 0 Å². The molecule has 284 valence electrons. The third-order valence-electron chi connectivity index (χ3n) is 9.33. The fraction of sp³-hybridized carbons (Fsp3) is 0.688. The standard InChI is InChI=1S/C32H49ClN8O10/c1-4-18(2)8-6-5-7-9-22-29(48)41-25(10-19(33)13-34-41)30(49)40-24(12-21(44)15-36-40)28(47)38-32(3,17-42)31(50)51-16-26(45)39-23(27(46)37-22)11-20(43)14-35-39/h5-8,18-25,34-36,42-44H,4,9-17H2,1-3H3,(H,37,46)(H,38,47)/b7-5+,8-6+. The first-order valence-corrected chi connectivity index (χ1v) is 17.5. The molecule has 9 unspecified atom stereocenters. The number of allylic oxidation sites excluding steroid dienone is 3. The van der Waals surface area contributed by atoms with Crippen molar-refractivity contribution in [3.05, 3.63) is 24.3 Å². The van der Waals surface area contributed by atoms with Crippen LogP contribution >= 0.6 is 11.6 Å². The number of esters is 1. The fourth-order valence-corrected chi connectivity index (χ4v) is 6.25. The number of hydrogen-bond acceptors (Lipinski definition) is 13. The number of carbonyl (C=O) groups is 6. The Morgan fingerprint density at radius 3 is 2.14 bits per heavy atom. The molecule has 5 amide bonds. The van der Waals surface area contributed by atoms with Crippen LogP contribution in [0.5, 0.6) is 0 Å². The van der Waals surface area contributed by atoms with E-state index in [-0.39, 0.29) is 45.3 Å². The van der Waals surface area contributed by atoms with Crippen LogP contribution in [-0.2, 0) is 33.5 Å². The summed E-state index contributed by atoms with van der Waals surface area (Å²) in [5.41, 5.74) is 6.17. The Labute approximate surface area is 300 Å². The average Bonchev–Trinajstić information content (AvgIpc) is 3.11. The molecular formula is C32H49ClN8O10. The number of nitrogens with one attached hydrogen (secondary N) is 5. The van der Waals surface area contributed by atoms with Gasteiger partial charge in [-0.25, -0.2) is 21.1 Å². The van der Waals surface area contributed by atoms with Crippen molar-refractivity contribution >= 4 is 47.1 Å². The van der Waals surface area contributed by atoms with Crippen LogP contribution in [0.3, 0.4) is 0 Å². The molecule has 4 aliphatic heterocycles. The Morgan fingerprint density at radius 1 is 0.882 bits per heavy atom. The minimum absolute atomic E-state index is 0.0357. The molecule has 0 saturated carbocycles. The predicted molar refractivity (Wildman–Crippen MR) is 180 cm³/mol. The van der Waals surface area contributed by atoms with Crippen LogP contribution in [-0.4, -0.2) is 146 Å². The topological polar surface area (TPSA) is 242 Å². The highest BCUT2D eigenvalue weighted by Gasteiger charge is 2.48. The molecule has 0 aromatic heterocycles. The zero-order valence-corrected chi connectivity index (χ0v) is 29.7. The molecular weight excluding hydrogens is 692 g/mol. The highest BCUT2D eigenvalue weighted by atomic mass is 35.5. The molecule has 4 saturated heterocycles. The molecule has 0 bridgehead atoms. The zero-order chi connectivity index (χ0) is 37.5. The van der Waals surface area contributed by atoms with Gasteiger partial charge in [0.1, 0.15) is 24.2 Å². The molecule has 4 rings (SSSR count). The lowest BCUT2D eigenvalue weighted by Crippen LogP contribution is -2.71. The Bertz CT molecular complexity index is 1390. The van der Waals surface area contributed by atoms with E-state index < -0.39 is 96.0 Å². The van der Waals surface area contributed by atoms with Gasteiger partial charge < -0.3 is 30.7 Å². The normalized spacial score (nSPS) is 34.3. The number of hydrazine groups is 3. The molecule has 8 N–H and O–H groups in total. The number of halogens is 1. The second-order valence-electron chi connectivity index (χ2n) is 13.5. The summed E-state index contributed by atoms with van der Waals surface area (Å²) in [6, 6.07) is -5.36. The molecule has 0 aromatic carbocycles. The highest BCUT2D eigenvalue weighted by Crippen LogP contribution is 2.23. The summed E-state index contributed by atoms with van der Waals surface area (Å²) >= 11 is 6.47. The van der Waals surface area contributed by atoms with E-state index in [1.165, 1.54) is 0 Å². The fourth-order valence-electron chi connectivity index (χ4n) is 6.01. The SMILES string of the molecule is CCC(C)/C=C/C=C/CC1NC(=O)C2CC(O)CNN2C(=O)COC(=O)C(C)(CO)NC(=O)C2CC(O)CNN2C(=O)C2CC(Cl)CNN2C1=O. The molecule has 4 aliphatic rings. The zero-order valence-electron chi connectivity index (χ0n) is 28.9. The van der Waals surface area contributed by atoms with Crippen LogP contribution in [0.2, 0.25) is 0 Å². The second-order valence-corrected chi connectivity index (χ2v) is 14.1. The van der Waals surface area contributed by atoms with Crippen LogP contribution < -0.4 is 26.9 Å². The predicted octanol–water partition coefficient (Wildman–Crippen LogP) is -2.91. The molecule has 18 nitrogen and oxygen atoms in total. The first-order valence-electron chi connectivity index (χ1n) is 17.1. The summed E-state index contributed by atoms with van der Waals surface area (Å²) in [7, 11) is 0. The summed E-state index contributed by atoms with van der Waals surface area (Å²) in [6.45, 7) is 3.20. The van der Waals surface area contributed by atoms with Crippen molar-refractivity contribution in [3.63, 3.8) is 0 Å². The van der Waals surface area contributed by atoms with E-state index in [4.69, 9.17) is 16.3 Å². The van der Waals surface area contributed by atoms with Crippen molar-refractivity contribution in [1.29, 1.82) is 0 Å². The summed E-state index contributed by atoms with van der Waals surface area (Å²) in [4.78, 5) is 82.6. The summed E-state index contributed by atoms with van der Waals surface area (Å²) in [5.74, 6) is -5.00. The second kappa shape index (κ2) is 17.7. The molecule has 0 radical (unpaired) electrons.